The van der Waals surface area contributed by atoms with E-state index in [2.05, 4.69) is 0 Å². The van der Waals surface area contributed by atoms with Gasteiger partial charge in [0.05, 0.1) is 12.0 Å². The van der Waals surface area contributed by atoms with Crippen LogP contribution in [0, 0.1) is 0 Å². The number of hydrogen-bond donors (Lipinski definition) is 0. The zero-order valence-electron chi connectivity index (χ0n) is 10.0. The molecule has 0 radical (unpaired) electrons. The third kappa shape index (κ3) is 5.68. The Hall–Kier alpha value is -1.10. The molecule has 0 fully saturated rings. The molecular formula is C12H18O4S. The number of hydrogen-bond acceptors (Lipinski definition) is 4. The van der Waals surface area contributed by atoms with E-state index >= 15 is 0 Å². The Morgan fingerprint density at radius 3 is 2.71 bits per heavy atom. The van der Waals surface area contributed by atoms with Crippen LogP contribution in [0.1, 0.15) is 31.9 Å². The molecule has 0 saturated heterocycles. The first-order chi connectivity index (χ1) is 8.03. The number of Topliss-reactive ketones (excluding diaryl/α,β-unsaturated/α-hetero) is 1. The van der Waals surface area contributed by atoms with Crippen LogP contribution in [0.4, 0.5) is 0 Å². The van der Waals surface area contributed by atoms with Crippen molar-refractivity contribution >= 4 is 15.6 Å². The fraction of sp³-hybridized carbons (Fsp3) is 0.583. The standard InChI is InChI=1S/C12H18O4S/c1-2-17(14,15)10-4-5-11(13)7-8-12-6-3-9-16-12/h3,6,9H,2,4-5,7-8,10H2,1H3. The van der Waals surface area contributed by atoms with E-state index in [1.165, 1.54) is 0 Å². The molecule has 1 rings (SSSR count). The maximum Gasteiger partial charge on any atom is 0.150 e. The van der Waals surface area contributed by atoms with Gasteiger partial charge in [0.2, 0.25) is 0 Å². The molecule has 17 heavy (non-hydrogen) atoms. The average Bonchev–Trinajstić information content (AvgIpc) is 2.79. The highest BCUT2D eigenvalue weighted by molar-refractivity contribution is 7.91. The smallest absolute Gasteiger partial charge is 0.150 e. The molecule has 0 aliphatic rings. The van der Waals surface area contributed by atoms with Gasteiger partial charge in [-0.05, 0) is 18.6 Å². The van der Waals surface area contributed by atoms with Crippen LogP contribution < -0.4 is 0 Å². The Kier molecular flexibility index (Phi) is 5.41. The van der Waals surface area contributed by atoms with Crippen LogP contribution in [0.25, 0.3) is 0 Å². The molecular weight excluding hydrogens is 240 g/mol. The first-order valence-corrected chi connectivity index (χ1v) is 7.60. The maximum atomic E-state index is 11.5. The molecule has 5 heteroatoms. The lowest BCUT2D eigenvalue weighted by molar-refractivity contribution is -0.119. The number of carbonyl (C=O) groups excluding carboxylic acids is 1. The molecule has 0 bridgehead atoms. The summed E-state index contributed by atoms with van der Waals surface area (Å²) in [6, 6.07) is 3.61. The van der Waals surface area contributed by atoms with Crippen molar-refractivity contribution in [3.63, 3.8) is 0 Å². The number of aryl methyl sites for hydroxylation is 1. The van der Waals surface area contributed by atoms with Crippen LogP contribution in [-0.4, -0.2) is 25.7 Å². The zero-order valence-corrected chi connectivity index (χ0v) is 10.8. The Labute approximate surface area is 102 Å². The third-order valence-electron chi connectivity index (χ3n) is 2.58. The van der Waals surface area contributed by atoms with Crippen molar-refractivity contribution in [2.45, 2.75) is 32.6 Å². The molecule has 4 nitrogen and oxygen atoms in total. The lowest BCUT2D eigenvalue weighted by atomic mass is 10.1. The summed E-state index contributed by atoms with van der Waals surface area (Å²) in [6.07, 6.45) is 3.34. The highest BCUT2D eigenvalue weighted by atomic mass is 32.2. The van der Waals surface area contributed by atoms with Crippen molar-refractivity contribution in [3.8, 4) is 0 Å². The van der Waals surface area contributed by atoms with Crippen LogP contribution in [-0.2, 0) is 21.1 Å². The van der Waals surface area contributed by atoms with Crippen LogP contribution in [0.15, 0.2) is 22.8 Å². The van der Waals surface area contributed by atoms with Crippen molar-refractivity contribution in [2.75, 3.05) is 11.5 Å². The monoisotopic (exact) mass is 258 g/mol. The van der Waals surface area contributed by atoms with E-state index in [0.717, 1.165) is 5.76 Å². The minimum Gasteiger partial charge on any atom is -0.469 e. The van der Waals surface area contributed by atoms with E-state index in [1.807, 2.05) is 6.07 Å². The number of sulfone groups is 1. The predicted molar refractivity (Wildman–Crippen MR) is 65.6 cm³/mol. The van der Waals surface area contributed by atoms with Gasteiger partial charge < -0.3 is 4.42 Å². The molecule has 0 saturated carbocycles. The van der Waals surface area contributed by atoms with Gasteiger partial charge >= 0.3 is 0 Å². The Morgan fingerprint density at radius 2 is 2.12 bits per heavy atom. The molecule has 0 aliphatic heterocycles. The van der Waals surface area contributed by atoms with Crippen LogP contribution in [0.2, 0.25) is 0 Å². The number of carbonyl (C=O) groups is 1. The summed E-state index contributed by atoms with van der Waals surface area (Å²) in [5, 5.41) is 0. The van der Waals surface area contributed by atoms with E-state index in [4.69, 9.17) is 4.42 Å². The zero-order chi connectivity index (χ0) is 12.7. The first kappa shape index (κ1) is 14.0. The van der Waals surface area contributed by atoms with Gasteiger partial charge in [-0.15, -0.1) is 0 Å². The van der Waals surface area contributed by atoms with Crippen LogP contribution in [0.5, 0.6) is 0 Å². The largest absolute Gasteiger partial charge is 0.469 e. The molecule has 0 aromatic carbocycles. The predicted octanol–water partition coefficient (Wildman–Crippen LogP) is 2.00. The van der Waals surface area contributed by atoms with Gasteiger partial charge in [-0.2, -0.15) is 0 Å². The van der Waals surface area contributed by atoms with Crippen LogP contribution in [0.3, 0.4) is 0 Å². The van der Waals surface area contributed by atoms with Gasteiger partial charge in [-0.3, -0.25) is 4.79 Å². The van der Waals surface area contributed by atoms with E-state index < -0.39 is 9.84 Å². The number of furan rings is 1. The molecule has 0 N–H and O–H groups in total. The summed E-state index contributed by atoms with van der Waals surface area (Å²) in [6.45, 7) is 1.62. The highest BCUT2D eigenvalue weighted by Gasteiger charge is 2.09. The second-order valence-corrected chi connectivity index (χ2v) is 6.43. The highest BCUT2D eigenvalue weighted by Crippen LogP contribution is 2.06. The van der Waals surface area contributed by atoms with Gasteiger partial charge in [-0.1, -0.05) is 6.92 Å². The Bertz CT molecular complexity index is 431. The normalized spacial score (nSPS) is 11.6. The van der Waals surface area contributed by atoms with Crippen LogP contribution >= 0.6 is 0 Å². The fourth-order valence-electron chi connectivity index (χ4n) is 1.48. The van der Waals surface area contributed by atoms with Gasteiger partial charge in [0, 0.05) is 25.0 Å². The van der Waals surface area contributed by atoms with Gasteiger partial charge in [-0.25, -0.2) is 8.42 Å². The number of ketones is 1. The third-order valence-corrected chi connectivity index (χ3v) is 4.37. The molecule has 1 aromatic heterocycles. The molecule has 96 valence electrons. The quantitative estimate of drug-likeness (QED) is 0.715. The van der Waals surface area contributed by atoms with E-state index in [-0.39, 0.29) is 17.3 Å². The van der Waals surface area contributed by atoms with E-state index in [0.29, 0.717) is 25.7 Å². The topological polar surface area (TPSA) is 64.3 Å². The van der Waals surface area contributed by atoms with E-state index in [9.17, 15) is 13.2 Å². The maximum absolute atomic E-state index is 11.5. The lowest BCUT2D eigenvalue weighted by Crippen LogP contribution is -2.10. The number of rotatable bonds is 8. The summed E-state index contributed by atoms with van der Waals surface area (Å²) in [4.78, 5) is 11.5. The van der Waals surface area contributed by atoms with Crippen molar-refractivity contribution in [1.82, 2.24) is 0 Å². The summed E-state index contributed by atoms with van der Waals surface area (Å²) < 4.78 is 27.5. The molecule has 0 aliphatic carbocycles. The van der Waals surface area contributed by atoms with Crippen molar-refractivity contribution in [3.05, 3.63) is 24.2 Å². The van der Waals surface area contributed by atoms with Gasteiger partial charge in [0.1, 0.15) is 21.4 Å². The molecule has 0 unspecified atom stereocenters. The second-order valence-electron chi connectivity index (χ2n) is 3.96. The molecule has 1 aromatic rings. The fourth-order valence-corrected chi connectivity index (χ4v) is 2.35. The van der Waals surface area contributed by atoms with Crippen molar-refractivity contribution in [1.29, 1.82) is 0 Å². The SMILES string of the molecule is CCS(=O)(=O)CCCC(=O)CCc1ccco1. The molecule has 0 atom stereocenters. The molecule has 1 heterocycles. The summed E-state index contributed by atoms with van der Waals surface area (Å²) in [5.41, 5.74) is 0. The Morgan fingerprint density at radius 1 is 1.35 bits per heavy atom. The van der Waals surface area contributed by atoms with Gasteiger partial charge in [0.15, 0.2) is 0 Å². The minimum absolute atomic E-state index is 0.0905. The van der Waals surface area contributed by atoms with Crippen molar-refractivity contribution in [2.24, 2.45) is 0 Å². The summed E-state index contributed by atoms with van der Waals surface area (Å²) >= 11 is 0. The molecule has 0 amide bonds. The summed E-state index contributed by atoms with van der Waals surface area (Å²) in [7, 11) is -2.94. The van der Waals surface area contributed by atoms with Crippen molar-refractivity contribution < 1.29 is 17.6 Å². The van der Waals surface area contributed by atoms with E-state index in [1.54, 1.807) is 19.3 Å². The second kappa shape index (κ2) is 6.59. The summed E-state index contributed by atoms with van der Waals surface area (Å²) in [5.74, 6) is 1.14. The molecule has 0 spiro atoms. The average molecular weight is 258 g/mol. The Balaban J connectivity index is 2.18. The first-order valence-electron chi connectivity index (χ1n) is 5.78. The lowest BCUT2D eigenvalue weighted by Gasteiger charge is -2.01. The minimum atomic E-state index is -2.94. The van der Waals surface area contributed by atoms with Gasteiger partial charge in [0.25, 0.3) is 0 Å².